The van der Waals surface area contributed by atoms with Gasteiger partial charge in [-0.15, -0.1) is 6.58 Å². The summed E-state index contributed by atoms with van der Waals surface area (Å²) in [6.45, 7) is 10.7. The molecule has 0 saturated carbocycles. The lowest BCUT2D eigenvalue weighted by molar-refractivity contribution is -0.140. The SMILES string of the molecule is C=CCCCCN1CCC[C@@]2(CCC(=O)N(Cc3cnc(C)cn3)C2)C1. The fourth-order valence-corrected chi connectivity index (χ4v) is 4.40. The van der Waals surface area contributed by atoms with Gasteiger partial charge in [0, 0.05) is 31.1 Å². The molecule has 5 heteroatoms. The monoisotopic (exact) mass is 356 g/mol. The van der Waals surface area contributed by atoms with Crippen LogP contribution in [0.25, 0.3) is 0 Å². The minimum absolute atomic E-state index is 0.265. The Kier molecular flexibility index (Phi) is 6.41. The first-order chi connectivity index (χ1) is 12.6. The molecule has 142 valence electrons. The molecule has 26 heavy (non-hydrogen) atoms. The standard InChI is InChI=1S/C21H32N4O/c1-3-4-5-6-11-24-12-7-9-21(16-24)10-8-20(26)25(17-21)15-19-14-22-18(2)13-23-19/h3,13-14H,1,4-12,15-17H2,2H3/t21-/m1/s1. The molecular formula is C21H32N4O. The minimum Gasteiger partial charge on any atom is -0.336 e. The number of carbonyl (C=O) groups excluding carboxylic acids is 1. The van der Waals surface area contributed by atoms with Crippen molar-refractivity contribution >= 4 is 5.91 Å². The highest BCUT2D eigenvalue weighted by molar-refractivity contribution is 5.77. The predicted molar refractivity (Wildman–Crippen MR) is 104 cm³/mol. The molecule has 0 radical (unpaired) electrons. The van der Waals surface area contributed by atoms with Crippen LogP contribution in [-0.2, 0) is 11.3 Å². The lowest BCUT2D eigenvalue weighted by Gasteiger charge is -2.48. The van der Waals surface area contributed by atoms with Gasteiger partial charge in [0.2, 0.25) is 5.91 Å². The maximum atomic E-state index is 12.5. The molecule has 1 amide bonds. The summed E-state index contributed by atoms with van der Waals surface area (Å²) in [5.41, 5.74) is 2.07. The summed E-state index contributed by atoms with van der Waals surface area (Å²) in [6.07, 6.45) is 13.4. The molecular weight excluding hydrogens is 324 g/mol. The van der Waals surface area contributed by atoms with Crippen molar-refractivity contribution in [2.24, 2.45) is 5.41 Å². The van der Waals surface area contributed by atoms with Crippen molar-refractivity contribution < 1.29 is 4.79 Å². The predicted octanol–water partition coefficient (Wildman–Crippen LogP) is 3.35. The summed E-state index contributed by atoms with van der Waals surface area (Å²) >= 11 is 0. The summed E-state index contributed by atoms with van der Waals surface area (Å²) < 4.78 is 0. The van der Waals surface area contributed by atoms with Gasteiger partial charge in [0.15, 0.2) is 0 Å². The minimum atomic E-state index is 0.265. The molecule has 0 N–H and O–H groups in total. The van der Waals surface area contributed by atoms with E-state index in [1.807, 2.05) is 17.9 Å². The summed E-state index contributed by atoms with van der Waals surface area (Å²) in [5, 5.41) is 0. The first-order valence-electron chi connectivity index (χ1n) is 9.99. The molecule has 0 aromatic carbocycles. The van der Waals surface area contributed by atoms with E-state index in [4.69, 9.17) is 0 Å². The highest BCUT2D eigenvalue weighted by atomic mass is 16.2. The highest BCUT2D eigenvalue weighted by Gasteiger charge is 2.41. The molecule has 2 aliphatic heterocycles. The zero-order valence-corrected chi connectivity index (χ0v) is 16.1. The third-order valence-electron chi connectivity index (χ3n) is 5.81. The van der Waals surface area contributed by atoms with Crippen LogP contribution in [0.3, 0.4) is 0 Å². The quantitative estimate of drug-likeness (QED) is 0.555. The Bertz CT molecular complexity index is 615. The number of rotatable bonds is 7. The fourth-order valence-electron chi connectivity index (χ4n) is 4.40. The van der Waals surface area contributed by atoms with E-state index < -0.39 is 0 Å². The second-order valence-electron chi connectivity index (χ2n) is 8.06. The molecule has 3 heterocycles. The van der Waals surface area contributed by atoms with E-state index in [9.17, 15) is 4.79 Å². The number of hydrogen-bond acceptors (Lipinski definition) is 4. The third-order valence-corrected chi connectivity index (χ3v) is 5.81. The molecule has 5 nitrogen and oxygen atoms in total. The van der Waals surface area contributed by atoms with Gasteiger partial charge in [-0.3, -0.25) is 14.8 Å². The first kappa shape index (κ1) is 19.0. The van der Waals surface area contributed by atoms with Crippen molar-refractivity contribution in [1.29, 1.82) is 0 Å². The van der Waals surface area contributed by atoms with E-state index in [1.54, 1.807) is 12.4 Å². The van der Waals surface area contributed by atoms with Gasteiger partial charge in [0.25, 0.3) is 0 Å². The van der Waals surface area contributed by atoms with Crippen molar-refractivity contribution in [3.8, 4) is 0 Å². The number of nitrogens with zero attached hydrogens (tertiary/aromatic N) is 4. The molecule has 2 saturated heterocycles. The average molecular weight is 357 g/mol. The summed E-state index contributed by atoms with van der Waals surface area (Å²) in [5.74, 6) is 0.265. The Morgan fingerprint density at radius 2 is 2.12 bits per heavy atom. The lowest BCUT2D eigenvalue weighted by Crippen LogP contribution is -2.53. The molecule has 1 aromatic heterocycles. The van der Waals surface area contributed by atoms with Crippen molar-refractivity contribution in [3.63, 3.8) is 0 Å². The summed E-state index contributed by atoms with van der Waals surface area (Å²) in [7, 11) is 0. The van der Waals surface area contributed by atoms with Gasteiger partial charge in [-0.2, -0.15) is 0 Å². The Balaban J connectivity index is 1.59. The van der Waals surface area contributed by atoms with Crippen LogP contribution in [0.15, 0.2) is 25.0 Å². The zero-order valence-electron chi connectivity index (χ0n) is 16.1. The van der Waals surface area contributed by atoms with Crippen LogP contribution in [0, 0.1) is 12.3 Å². The Labute approximate surface area is 157 Å². The average Bonchev–Trinajstić information content (AvgIpc) is 2.64. The van der Waals surface area contributed by atoms with Crippen molar-refractivity contribution in [3.05, 3.63) is 36.4 Å². The van der Waals surface area contributed by atoms with E-state index in [0.717, 1.165) is 37.3 Å². The molecule has 1 aromatic rings. The van der Waals surface area contributed by atoms with Gasteiger partial charge < -0.3 is 9.80 Å². The van der Waals surface area contributed by atoms with Gasteiger partial charge in [0.1, 0.15) is 0 Å². The van der Waals surface area contributed by atoms with E-state index in [0.29, 0.717) is 13.0 Å². The summed E-state index contributed by atoms with van der Waals surface area (Å²) in [4.78, 5) is 25.9. The second kappa shape index (κ2) is 8.76. The van der Waals surface area contributed by atoms with E-state index in [-0.39, 0.29) is 11.3 Å². The number of hydrogen-bond donors (Lipinski definition) is 0. The number of unbranched alkanes of at least 4 members (excludes halogenated alkanes) is 2. The van der Waals surface area contributed by atoms with Crippen LogP contribution in [0.5, 0.6) is 0 Å². The maximum Gasteiger partial charge on any atom is 0.222 e. The number of amides is 1. The number of piperidine rings is 2. The normalized spacial score (nSPS) is 24.2. The summed E-state index contributed by atoms with van der Waals surface area (Å²) in [6, 6.07) is 0. The molecule has 2 aliphatic rings. The molecule has 1 spiro atoms. The number of allylic oxidation sites excluding steroid dienone is 1. The van der Waals surface area contributed by atoms with Crippen LogP contribution in [0.1, 0.15) is 56.3 Å². The Morgan fingerprint density at radius 3 is 2.88 bits per heavy atom. The molecule has 0 bridgehead atoms. The van der Waals surface area contributed by atoms with Crippen molar-refractivity contribution in [1.82, 2.24) is 19.8 Å². The number of likely N-dealkylation sites (tertiary alicyclic amines) is 2. The van der Waals surface area contributed by atoms with Gasteiger partial charge in [-0.05, 0) is 58.5 Å². The lowest BCUT2D eigenvalue weighted by atomic mass is 9.73. The van der Waals surface area contributed by atoms with E-state index in [1.165, 1.54) is 38.8 Å². The topological polar surface area (TPSA) is 49.3 Å². The second-order valence-corrected chi connectivity index (χ2v) is 8.06. The smallest absolute Gasteiger partial charge is 0.222 e. The molecule has 1 atom stereocenters. The van der Waals surface area contributed by atoms with Crippen molar-refractivity contribution in [2.45, 2.75) is 58.4 Å². The number of aromatic nitrogens is 2. The molecule has 2 fully saturated rings. The van der Waals surface area contributed by atoms with Gasteiger partial charge in [-0.1, -0.05) is 6.08 Å². The van der Waals surface area contributed by atoms with Gasteiger partial charge in [-0.25, -0.2) is 0 Å². The van der Waals surface area contributed by atoms with Crippen LogP contribution >= 0.6 is 0 Å². The van der Waals surface area contributed by atoms with Gasteiger partial charge >= 0.3 is 0 Å². The molecule has 0 aliphatic carbocycles. The highest BCUT2D eigenvalue weighted by Crippen LogP contribution is 2.39. The van der Waals surface area contributed by atoms with E-state index >= 15 is 0 Å². The van der Waals surface area contributed by atoms with Crippen LogP contribution in [-0.4, -0.2) is 51.9 Å². The van der Waals surface area contributed by atoms with Crippen molar-refractivity contribution in [2.75, 3.05) is 26.2 Å². The van der Waals surface area contributed by atoms with Crippen LogP contribution < -0.4 is 0 Å². The van der Waals surface area contributed by atoms with Crippen LogP contribution in [0.4, 0.5) is 0 Å². The molecule has 3 rings (SSSR count). The van der Waals surface area contributed by atoms with E-state index in [2.05, 4.69) is 21.4 Å². The number of aryl methyl sites for hydroxylation is 1. The Hall–Kier alpha value is -1.75. The Morgan fingerprint density at radius 1 is 1.23 bits per heavy atom. The maximum absolute atomic E-state index is 12.5. The third kappa shape index (κ3) is 4.91. The van der Waals surface area contributed by atoms with Gasteiger partial charge in [0.05, 0.1) is 24.1 Å². The molecule has 0 unspecified atom stereocenters. The first-order valence-corrected chi connectivity index (χ1v) is 9.99. The number of carbonyl (C=O) groups is 1. The van der Waals surface area contributed by atoms with Crippen LogP contribution in [0.2, 0.25) is 0 Å². The largest absolute Gasteiger partial charge is 0.336 e. The fraction of sp³-hybridized carbons (Fsp3) is 0.667. The zero-order chi connectivity index (χ0) is 18.4.